The fourth-order valence-electron chi connectivity index (χ4n) is 1.32. The van der Waals surface area contributed by atoms with Gasteiger partial charge in [-0.25, -0.2) is 0 Å². The minimum absolute atomic E-state index is 0.0443. The Kier molecular flexibility index (Phi) is 1.38. The van der Waals surface area contributed by atoms with Gasteiger partial charge < -0.3 is 21.3 Å². The molecule has 0 aromatic heterocycles. The minimum Gasteiger partial charge on any atom is -0.506 e. The van der Waals surface area contributed by atoms with Gasteiger partial charge in [-0.05, 0) is 12.1 Å². The van der Waals surface area contributed by atoms with E-state index in [1.54, 1.807) is 6.07 Å². The highest BCUT2D eigenvalue weighted by atomic mass is 16.5. The smallest absolute Gasteiger partial charge is 0.150 e. The Morgan fingerprint density at radius 1 is 1.50 bits per heavy atom. The molecule has 0 amide bonds. The first kappa shape index (κ1) is 7.24. The molecule has 1 heterocycles. The van der Waals surface area contributed by atoms with E-state index < -0.39 is 0 Å². The highest BCUT2D eigenvalue weighted by molar-refractivity contribution is 5.67. The topological polar surface area (TPSA) is 81.5 Å². The number of phenols is 1. The normalized spacial score (nSPS) is 20.2. The number of ether oxygens (including phenoxy) is 1. The lowest BCUT2D eigenvalue weighted by Crippen LogP contribution is -2.10. The summed E-state index contributed by atoms with van der Waals surface area (Å²) in [5, 5.41) is 9.22. The van der Waals surface area contributed by atoms with Gasteiger partial charge in [-0.15, -0.1) is 0 Å². The van der Waals surface area contributed by atoms with Crippen molar-refractivity contribution in [2.45, 2.75) is 6.04 Å². The molecular weight excluding hydrogens is 156 g/mol. The summed E-state index contributed by atoms with van der Waals surface area (Å²) < 4.78 is 5.21. The third-order valence-corrected chi connectivity index (χ3v) is 2.01. The fourth-order valence-corrected chi connectivity index (χ4v) is 1.32. The van der Waals surface area contributed by atoms with E-state index >= 15 is 0 Å². The maximum atomic E-state index is 9.22. The number of anilines is 1. The molecule has 4 nitrogen and oxygen atoms in total. The van der Waals surface area contributed by atoms with Crippen LogP contribution in [0.5, 0.6) is 11.5 Å². The SMILES string of the molecule is Nc1c(O)ccc2c1OC[C@H]2N. The van der Waals surface area contributed by atoms with E-state index in [2.05, 4.69) is 0 Å². The lowest BCUT2D eigenvalue weighted by molar-refractivity contribution is 0.333. The van der Waals surface area contributed by atoms with Crippen LogP contribution in [0.1, 0.15) is 11.6 Å². The van der Waals surface area contributed by atoms with Crippen LogP contribution in [0.15, 0.2) is 12.1 Å². The third-order valence-electron chi connectivity index (χ3n) is 2.01. The van der Waals surface area contributed by atoms with Crippen molar-refractivity contribution in [1.82, 2.24) is 0 Å². The largest absolute Gasteiger partial charge is 0.506 e. The van der Waals surface area contributed by atoms with Crippen molar-refractivity contribution in [3.05, 3.63) is 17.7 Å². The lowest BCUT2D eigenvalue weighted by Gasteiger charge is -2.04. The van der Waals surface area contributed by atoms with Crippen LogP contribution in [0.4, 0.5) is 5.69 Å². The number of benzene rings is 1. The molecular formula is C8H10N2O2. The number of nitrogens with two attached hydrogens (primary N) is 2. The van der Waals surface area contributed by atoms with E-state index in [1.165, 1.54) is 6.07 Å². The van der Waals surface area contributed by atoms with Crippen LogP contribution >= 0.6 is 0 Å². The number of nitrogen functional groups attached to an aromatic ring is 1. The molecule has 12 heavy (non-hydrogen) atoms. The average molecular weight is 166 g/mol. The van der Waals surface area contributed by atoms with Gasteiger partial charge in [0.15, 0.2) is 5.75 Å². The van der Waals surface area contributed by atoms with Crippen LogP contribution in [-0.4, -0.2) is 11.7 Å². The summed E-state index contributed by atoms with van der Waals surface area (Å²) in [6, 6.07) is 3.14. The molecule has 5 N–H and O–H groups in total. The number of fused-ring (bicyclic) bond motifs is 1. The average Bonchev–Trinajstić information content (AvgIpc) is 2.41. The van der Waals surface area contributed by atoms with Gasteiger partial charge >= 0.3 is 0 Å². The van der Waals surface area contributed by atoms with E-state index in [0.717, 1.165) is 5.56 Å². The molecule has 1 aromatic carbocycles. The van der Waals surface area contributed by atoms with Gasteiger partial charge in [-0.3, -0.25) is 0 Å². The predicted molar refractivity (Wildman–Crippen MR) is 44.9 cm³/mol. The molecule has 1 aromatic rings. The summed E-state index contributed by atoms with van der Waals surface area (Å²) in [5.41, 5.74) is 12.4. The molecule has 0 unspecified atom stereocenters. The minimum atomic E-state index is -0.122. The monoisotopic (exact) mass is 166 g/mol. The molecule has 1 aliphatic heterocycles. The highest BCUT2D eigenvalue weighted by Crippen LogP contribution is 2.40. The van der Waals surface area contributed by atoms with Gasteiger partial charge in [0, 0.05) is 5.56 Å². The van der Waals surface area contributed by atoms with Crippen LogP contribution in [0.2, 0.25) is 0 Å². The number of phenolic OH excluding ortho intramolecular Hbond substituents is 1. The van der Waals surface area contributed by atoms with Gasteiger partial charge in [0.05, 0.1) is 6.04 Å². The molecule has 0 spiro atoms. The Morgan fingerprint density at radius 3 is 3.00 bits per heavy atom. The molecule has 4 heteroatoms. The zero-order valence-electron chi connectivity index (χ0n) is 6.45. The first-order valence-electron chi connectivity index (χ1n) is 3.70. The molecule has 0 bridgehead atoms. The van der Waals surface area contributed by atoms with Gasteiger partial charge in [0.2, 0.25) is 0 Å². The number of hydrogen-bond acceptors (Lipinski definition) is 4. The first-order valence-corrected chi connectivity index (χ1v) is 3.70. The van der Waals surface area contributed by atoms with Gasteiger partial charge in [0.25, 0.3) is 0 Å². The number of aromatic hydroxyl groups is 1. The van der Waals surface area contributed by atoms with E-state index in [-0.39, 0.29) is 17.5 Å². The molecule has 0 aliphatic carbocycles. The van der Waals surface area contributed by atoms with Gasteiger partial charge in [-0.2, -0.15) is 0 Å². The molecule has 1 atom stereocenters. The zero-order valence-corrected chi connectivity index (χ0v) is 6.45. The van der Waals surface area contributed by atoms with Crippen LogP contribution in [-0.2, 0) is 0 Å². The van der Waals surface area contributed by atoms with Crippen molar-refractivity contribution in [2.24, 2.45) is 5.73 Å². The second-order valence-electron chi connectivity index (χ2n) is 2.83. The Bertz CT molecular complexity index is 325. The van der Waals surface area contributed by atoms with E-state index in [0.29, 0.717) is 12.4 Å². The molecule has 0 saturated heterocycles. The van der Waals surface area contributed by atoms with Crippen LogP contribution in [0.3, 0.4) is 0 Å². The van der Waals surface area contributed by atoms with Crippen molar-refractivity contribution >= 4 is 5.69 Å². The standard InChI is InChI=1S/C8H10N2O2/c9-5-3-12-8-4(5)1-2-6(11)7(8)10/h1-2,5,11H,3,9-10H2/t5-/m1/s1. The second kappa shape index (κ2) is 2.28. The molecule has 64 valence electrons. The quantitative estimate of drug-likeness (QED) is 0.384. The predicted octanol–water partition coefficient (Wildman–Crippen LogP) is 0.367. The van der Waals surface area contributed by atoms with Gasteiger partial charge in [-0.1, -0.05) is 0 Å². The Hall–Kier alpha value is -1.42. The van der Waals surface area contributed by atoms with Crippen LogP contribution in [0, 0.1) is 0 Å². The Balaban J connectivity index is 2.60. The van der Waals surface area contributed by atoms with E-state index in [4.69, 9.17) is 16.2 Å². The summed E-state index contributed by atoms with van der Waals surface area (Å²) in [7, 11) is 0. The number of rotatable bonds is 0. The summed E-state index contributed by atoms with van der Waals surface area (Å²) in [6.07, 6.45) is 0. The van der Waals surface area contributed by atoms with Crippen LogP contribution < -0.4 is 16.2 Å². The number of hydrogen-bond donors (Lipinski definition) is 3. The summed E-state index contributed by atoms with van der Waals surface area (Å²) in [4.78, 5) is 0. The molecule has 0 saturated carbocycles. The summed E-state index contributed by atoms with van der Waals surface area (Å²) in [6.45, 7) is 0.434. The maximum Gasteiger partial charge on any atom is 0.150 e. The van der Waals surface area contributed by atoms with Crippen molar-refractivity contribution in [3.8, 4) is 11.5 Å². The maximum absolute atomic E-state index is 9.22. The van der Waals surface area contributed by atoms with E-state index in [9.17, 15) is 5.11 Å². The van der Waals surface area contributed by atoms with Crippen molar-refractivity contribution < 1.29 is 9.84 Å². The Labute approximate surface area is 69.7 Å². The highest BCUT2D eigenvalue weighted by Gasteiger charge is 2.23. The summed E-state index contributed by atoms with van der Waals surface area (Å²) in [5.74, 6) is 0.574. The summed E-state index contributed by atoms with van der Waals surface area (Å²) >= 11 is 0. The zero-order chi connectivity index (χ0) is 8.72. The fraction of sp³-hybridized carbons (Fsp3) is 0.250. The molecule has 2 rings (SSSR count). The van der Waals surface area contributed by atoms with Crippen LogP contribution in [0.25, 0.3) is 0 Å². The second-order valence-corrected chi connectivity index (χ2v) is 2.83. The van der Waals surface area contributed by atoms with E-state index in [1.807, 2.05) is 0 Å². The van der Waals surface area contributed by atoms with Crippen molar-refractivity contribution in [3.63, 3.8) is 0 Å². The lowest BCUT2D eigenvalue weighted by atomic mass is 10.1. The van der Waals surface area contributed by atoms with Crippen molar-refractivity contribution in [2.75, 3.05) is 12.3 Å². The van der Waals surface area contributed by atoms with Gasteiger partial charge in [0.1, 0.15) is 18.0 Å². The van der Waals surface area contributed by atoms with Crippen molar-refractivity contribution in [1.29, 1.82) is 0 Å². The molecule has 0 radical (unpaired) electrons. The molecule has 0 fully saturated rings. The molecule has 1 aliphatic rings. The first-order chi connectivity index (χ1) is 5.70. The Morgan fingerprint density at radius 2 is 2.25 bits per heavy atom. The third kappa shape index (κ3) is 0.816.